The summed E-state index contributed by atoms with van der Waals surface area (Å²) in [5, 5.41) is 10.7. The van der Waals surface area contributed by atoms with Gasteiger partial charge in [-0.05, 0) is 29.8 Å². The molecule has 0 aliphatic carbocycles. The summed E-state index contributed by atoms with van der Waals surface area (Å²) in [6.45, 7) is 3.05. The third-order valence-electron chi connectivity index (χ3n) is 6.00. The van der Waals surface area contributed by atoms with Gasteiger partial charge < -0.3 is 9.64 Å². The van der Waals surface area contributed by atoms with E-state index >= 15 is 0 Å². The summed E-state index contributed by atoms with van der Waals surface area (Å²) in [5.41, 5.74) is 1.56. The van der Waals surface area contributed by atoms with Crippen LogP contribution in [0.5, 0.6) is 0 Å². The van der Waals surface area contributed by atoms with Gasteiger partial charge in [0, 0.05) is 25.1 Å². The van der Waals surface area contributed by atoms with Crippen LogP contribution >= 0.6 is 0 Å². The first-order chi connectivity index (χ1) is 15.4. The van der Waals surface area contributed by atoms with Crippen LogP contribution in [-0.4, -0.2) is 57.1 Å². The number of hydrogen-bond donors (Lipinski definition) is 0. The number of nitro groups is 1. The van der Waals surface area contributed by atoms with Crippen LogP contribution in [0.2, 0.25) is 0 Å². The Morgan fingerprint density at radius 2 is 1.81 bits per heavy atom. The average molecular weight is 437 g/mol. The van der Waals surface area contributed by atoms with Gasteiger partial charge in [-0.2, -0.15) is 0 Å². The predicted octanol–water partition coefficient (Wildman–Crippen LogP) is 2.08. The highest BCUT2D eigenvalue weighted by Crippen LogP contribution is 2.37. The first-order valence-electron chi connectivity index (χ1n) is 10.4. The van der Waals surface area contributed by atoms with Crippen molar-refractivity contribution in [3.8, 4) is 0 Å². The van der Waals surface area contributed by atoms with Gasteiger partial charge >= 0.3 is 5.97 Å². The molecule has 2 aromatic rings. The number of ether oxygens (including phenoxy) is 1. The molecule has 2 aliphatic rings. The smallest absolute Gasteiger partial charge is 0.337 e. The van der Waals surface area contributed by atoms with E-state index in [9.17, 15) is 24.5 Å². The van der Waals surface area contributed by atoms with Gasteiger partial charge in [-0.1, -0.05) is 37.3 Å². The predicted molar refractivity (Wildman–Crippen MR) is 113 cm³/mol. The number of carbonyl (C=O) groups excluding carboxylic acids is 3. The van der Waals surface area contributed by atoms with Gasteiger partial charge in [-0.25, -0.2) is 4.79 Å². The lowest BCUT2D eigenvalue weighted by Gasteiger charge is -2.48. The first-order valence-corrected chi connectivity index (χ1v) is 10.4. The molecule has 2 heterocycles. The van der Waals surface area contributed by atoms with Gasteiger partial charge in [0.1, 0.15) is 12.6 Å². The van der Waals surface area contributed by atoms with Gasteiger partial charge in [0.25, 0.3) is 5.69 Å². The van der Waals surface area contributed by atoms with Gasteiger partial charge in [-0.15, -0.1) is 0 Å². The Kier molecular flexibility index (Phi) is 6.00. The van der Waals surface area contributed by atoms with Crippen molar-refractivity contribution in [2.75, 3.05) is 6.54 Å². The van der Waals surface area contributed by atoms with Crippen molar-refractivity contribution in [1.82, 2.24) is 9.80 Å². The number of hydrogen-bond acceptors (Lipinski definition) is 7. The minimum Gasteiger partial charge on any atom is -0.459 e. The minimum atomic E-state index is -1.22. The highest BCUT2D eigenvalue weighted by atomic mass is 16.6. The fourth-order valence-corrected chi connectivity index (χ4v) is 4.37. The lowest BCUT2D eigenvalue weighted by molar-refractivity contribution is -0.384. The summed E-state index contributed by atoms with van der Waals surface area (Å²) in [4.78, 5) is 51.7. The second-order valence-electron chi connectivity index (χ2n) is 7.91. The zero-order chi connectivity index (χ0) is 22.8. The topological polar surface area (TPSA) is 110 Å². The number of Topliss-reactive ketones (excluding diaryl/α,β-unsaturated/α-hetero) is 1. The maximum absolute atomic E-state index is 12.9. The molecular formula is C23H23N3O6. The number of esters is 1. The number of benzene rings is 2. The highest BCUT2D eigenvalue weighted by molar-refractivity contribution is 6.12. The molecule has 3 unspecified atom stereocenters. The van der Waals surface area contributed by atoms with E-state index in [0.717, 1.165) is 5.56 Å². The fourth-order valence-electron chi connectivity index (χ4n) is 4.37. The third-order valence-corrected chi connectivity index (χ3v) is 6.00. The number of non-ortho nitro benzene ring substituents is 1. The molecule has 1 amide bonds. The van der Waals surface area contributed by atoms with Crippen molar-refractivity contribution in [3.05, 3.63) is 75.8 Å². The van der Waals surface area contributed by atoms with E-state index in [1.807, 2.05) is 42.2 Å². The molecule has 2 fully saturated rings. The molecule has 0 radical (unpaired) electrons. The molecule has 2 aliphatic heterocycles. The molecule has 9 heteroatoms. The molecular weight excluding hydrogens is 414 g/mol. The van der Waals surface area contributed by atoms with E-state index in [0.29, 0.717) is 18.7 Å². The molecule has 2 aromatic carbocycles. The van der Waals surface area contributed by atoms with Gasteiger partial charge in [0.15, 0.2) is 11.8 Å². The maximum Gasteiger partial charge on any atom is 0.337 e. The van der Waals surface area contributed by atoms with E-state index in [4.69, 9.17) is 4.74 Å². The second-order valence-corrected chi connectivity index (χ2v) is 7.91. The Morgan fingerprint density at radius 3 is 2.44 bits per heavy atom. The summed E-state index contributed by atoms with van der Waals surface area (Å²) < 4.78 is 5.26. The molecule has 0 aromatic heterocycles. The van der Waals surface area contributed by atoms with Crippen LogP contribution in [0, 0.1) is 10.1 Å². The quantitative estimate of drug-likeness (QED) is 0.204. The van der Waals surface area contributed by atoms with E-state index in [1.54, 1.807) is 0 Å². The number of nitro benzene ring substituents is 1. The molecule has 0 spiro atoms. The normalized spacial score (nSPS) is 21.9. The number of β-lactam (4-membered cyclic amide) rings is 1. The number of fused-ring (bicyclic) bond motifs is 1. The average Bonchev–Trinajstić information content (AvgIpc) is 3.10. The Bertz CT molecular complexity index is 1040. The van der Waals surface area contributed by atoms with Crippen LogP contribution in [0.3, 0.4) is 0 Å². The van der Waals surface area contributed by atoms with Crippen molar-refractivity contribution in [2.24, 2.45) is 0 Å². The van der Waals surface area contributed by atoms with Crippen LogP contribution < -0.4 is 0 Å². The zero-order valence-corrected chi connectivity index (χ0v) is 17.5. The van der Waals surface area contributed by atoms with E-state index < -0.39 is 23.0 Å². The van der Waals surface area contributed by atoms with Crippen molar-refractivity contribution >= 4 is 23.3 Å². The van der Waals surface area contributed by atoms with Crippen LogP contribution in [-0.2, 0) is 32.3 Å². The molecule has 0 N–H and O–H groups in total. The van der Waals surface area contributed by atoms with E-state index in [1.165, 1.54) is 29.2 Å². The van der Waals surface area contributed by atoms with Gasteiger partial charge in [0.2, 0.25) is 5.91 Å². The Hall–Kier alpha value is -3.59. The van der Waals surface area contributed by atoms with E-state index in [2.05, 4.69) is 0 Å². The fraction of sp³-hybridized carbons (Fsp3) is 0.348. The maximum atomic E-state index is 12.9. The monoisotopic (exact) mass is 437 g/mol. The van der Waals surface area contributed by atoms with Crippen LogP contribution in [0.25, 0.3) is 0 Å². The Labute approximate surface area is 184 Å². The van der Waals surface area contributed by atoms with Crippen LogP contribution in [0.4, 0.5) is 5.69 Å². The van der Waals surface area contributed by atoms with Crippen LogP contribution in [0.1, 0.15) is 24.5 Å². The Balaban J connectivity index is 1.39. The lowest BCUT2D eigenvalue weighted by Crippen LogP contribution is -2.70. The number of amides is 1. The SMILES string of the molecule is CCN(Cc1ccccc1)C1C(=O)N2C(C(=O)OCc3ccc([N+](=O)[O-])cc3)C(=O)CC12. The Morgan fingerprint density at radius 1 is 1.12 bits per heavy atom. The zero-order valence-electron chi connectivity index (χ0n) is 17.5. The third kappa shape index (κ3) is 3.99. The number of likely N-dealkylation sites (N-methyl/N-ethyl adjacent to an activating group) is 1. The summed E-state index contributed by atoms with van der Waals surface area (Å²) >= 11 is 0. The largest absolute Gasteiger partial charge is 0.459 e. The van der Waals surface area contributed by atoms with Crippen molar-refractivity contribution < 1.29 is 24.0 Å². The highest BCUT2D eigenvalue weighted by Gasteiger charge is 2.61. The molecule has 4 rings (SSSR count). The van der Waals surface area contributed by atoms with Crippen molar-refractivity contribution in [3.63, 3.8) is 0 Å². The standard InChI is InChI=1S/C23H23N3O6/c1-2-24(13-15-6-4-3-5-7-15)20-18-12-19(27)21(25(18)22(20)28)23(29)32-14-16-8-10-17(11-9-16)26(30)31/h3-11,18,20-21H,2,12-14H2,1H3. The number of rotatable bonds is 8. The van der Waals surface area contributed by atoms with Gasteiger partial charge in [-0.3, -0.25) is 24.6 Å². The molecule has 0 bridgehead atoms. The minimum absolute atomic E-state index is 0.0675. The molecule has 2 saturated heterocycles. The second kappa shape index (κ2) is 8.88. The number of carbonyl (C=O) groups is 3. The summed E-state index contributed by atoms with van der Waals surface area (Å²) in [6, 6.07) is 13.4. The molecule has 3 atom stereocenters. The molecule has 9 nitrogen and oxygen atoms in total. The first kappa shape index (κ1) is 21.6. The summed E-state index contributed by atoms with van der Waals surface area (Å²) in [7, 11) is 0. The van der Waals surface area contributed by atoms with Crippen molar-refractivity contribution in [1.29, 1.82) is 0 Å². The van der Waals surface area contributed by atoms with Crippen molar-refractivity contribution in [2.45, 2.75) is 44.6 Å². The molecule has 0 saturated carbocycles. The van der Waals surface area contributed by atoms with E-state index in [-0.39, 0.29) is 36.4 Å². The lowest BCUT2D eigenvalue weighted by atomic mass is 9.93. The van der Waals surface area contributed by atoms with Crippen LogP contribution in [0.15, 0.2) is 54.6 Å². The molecule has 32 heavy (non-hydrogen) atoms. The summed E-state index contributed by atoms with van der Waals surface area (Å²) in [6.07, 6.45) is 0.124. The number of ketones is 1. The number of nitrogens with zero attached hydrogens (tertiary/aromatic N) is 3. The summed E-state index contributed by atoms with van der Waals surface area (Å²) in [5.74, 6) is -1.33. The molecule has 166 valence electrons. The van der Waals surface area contributed by atoms with Gasteiger partial charge in [0.05, 0.1) is 11.0 Å².